The number of ether oxygens (including phenoxy) is 1. The van der Waals surface area contributed by atoms with E-state index in [1.54, 1.807) is 6.20 Å². The normalized spacial score (nSPS) is 18.7. The Kier molecular flexibility index (Phi) is 4.53. The molecule has 0 saturated carbocycles. The maximum atomic E-state index is 5.77. The molecule has 0 amide bonds. The Morgan fingerprint density at radius 2 is 2.19 bits per heavy atom. The SMILES string of the molecule is NNC(CC1CCOc2ccccc21)c1ncccc1Br. The number of nitrogens with one attached hydrogen (secondary N) is 1. The summed E-state index contributed by atoms with van der Waals surface area (Å²) in [5.74, 6) is 7.18. The number of aromatic nitrogens is 1. The zero-order valence-corrected chi connectivity index (χ0v) is 13.2. The zero-order chi connectivity index (χ0) is 14.7. The van der Waals surface area contributed by atoms with Gasteiger partial charge < -0.3 is 4.74 Å². The van der Waals surface area contributed by atoms with Gasteiger partial charge in [-0.2, -0.15) is 0 Å². The van der Waals surface area contributed by atoms with Crippen LogP contribution in [-0.2, 0) is 0 Å². The summed E-state index contributed by atoms with van der Waals surface area (Å²) in [5.41, 5.74) is 5.11. The van der Waals surface area contributed by atoms with Gasteiger partial charge in [-0.3, -0.25) is 16.3 Å². The van der Waals surface area contributed by atoms with Crippen LogP contribution in [0.4, 0.5) is 0 Å². The molecule has 1 aliphatic rings. The first kappa shape index (κ1) is 14.5. The molecule has 2 atom stereocenters. The fourth-order valence-electron chi connectivity index (χ4n) is 2.86. The molecule has 0 fully saturated rings. The van der Waals surface area contributed by atoms with E-state index < -0.39 is 0 Å². The minimum atomic E-state index is 0.0109. The van der Waals surface area contributed by atoms with Crippen LogP contribution in [0.5, 0.6) is 5.75 Å². The van der Waals surface area contributed by atoms with E-state index in [1.807, 2.05) is 24.3 Å². The van der Waals surface area contributed by atoms with E-state index in [2.05, 4.69) is 38.5 Å². The predicted octanol–water partition coefficient (Wildman–Crippen LogP) is 3.30. The summed E-state index contributed by atoms with van der Waals surface area (Å²) < 4.78 is 6.70. The van der Waals surface area contributed by atoms with E-state index in [-0.39, 0.29) is 6.04 Å². The average molecular weight is 348 g/mol. The lowest BCUT2D eigenvalue weighted by Crippen LogP contribution is -2.31. The van der Waals surface area contributed by atoms with Crippen LogP contribution in [0.15, 0.2) is 47.1 Å². The van der Waals surface area contributed by atoms with E-state index in [1.165, 1.54) is 5.56 Å². The summed E-state index contributed by atoms with van der Waals surface area (Å²) >= 11 is 3.55. The zero-order valence-electron chi connectivity index (χ0n) is 11.6. The van der Waals surface area contributed by atoms with Crippen LogP contribution in [0.25, 0.3) is 0 Å². The molecule has 0 aliphatic carbocycles. The van der Waals surface area contributed by atoms with E-state index >= 15 is 0 Å². The molecule has 2 unspecified atom stereocenters. The Balaban J connectivity index is 1.84. The van der Waals surface area contributed by atoms with Crippen molar-refractivity contribution in [2.75, 3.05) is 6.61 Å². The fraction of sp³-hybridized carbons (Fsp3) is 0.312. The first-order valence-corrected chi connectivity index (χ1v) is 7.87. The van der Waals surface area contributed by atoms with Crippen LogP contribution in [0.3, 0.4) is 0 Å². The Morgan fingerprint density at radius 3 is 3.00 bits per heavy atom. The van der Waals surface area contributed by atoms with Crippen molar-refractivity contribution in [3.63, 3.8) is 0 Å². The molecular formula is C16H18BrN3O. The summed E-state index contributed by atoms with van der Waals surface area (Å²) in [6.07, 6.45) is 3.69. The first-order valence-electron chi connectivity index (χ1n) is 7.08. The number of pyridine rings is 1. The molecule has 2 aromatic rings. The van der Waals surface area contributed by atoms with Gasteiger partial charge >= 0.3 is 0 Å². The van der Waals surface area contributed by atoms with Crippen LogP contribution in [0, 0.1) is 0 Å². The number of hydrogen-bond donors (Lipinski definition) is 2. The average Bonchev–Trinajstić information content (AvgIpc) is 2.53. The summed E-state index contributed by atoms with van der Waals surface area (Å²) in [7, 11) is 0. The Bertz CT molecular complexity index is 620. The van der Waals surface area contributed by atoms with E-state index in [4.69, 9.17) is 10.6 Å². The van der Waals surface area contributed by atoms with Gasteiger partial charge in [-0.25, -0.2) is 0 Å². The topological polar surface area (TPSA) is 60.2 Å². The standard InChI is InChI=1S/C16H18BrN3O/c17-13-5-3-8-19-16(13)14(20-18)10-11-7-9-21-15-6-2-1-4-12(11)15/h1-6,8,11,14,20H,7,9-10,18H2. The maximum Gasteiger partial charge on any atom is 0.122 e. The number of rotatable bonds is 4. The monoisotopic (exact) mass is 347 g/mol. The molecule has 3 N–H and O–H groups in total. The molecule has 110 valence electrons. The first-order chi connectivity index (χ1) is 10.3. The van der Waals surface area contributed by atoms with Crippen molar-refractivity contribution in [3.8, 4) is 5.75 Å². The summed E-state index contributed by atoms with van der Waals surface area (Å²) in [6.45, 7) is 0.752. The van der Waals surface area contributed by atoms with Crippen molar-refractivity contribution in [1.82, 2.24) is 10.4 Å². The maximum absolute atomic E-state index is 5.77. The number of halogens is 1. The van der Waals surface area contributed by atoms with E-state index in [0.29, 0.717) is 5.92 Å². The molecule has 3 rings (SSSR count). The second-order valence-corrected chi connectivity index (χ2v) is 6.05. The van der Waals surface area contributed by atoms with Crippen molar-refractivity contribution in [2.45, 2.75) is 24.8 Å². The highest BCUT2D eigenvalue weighted by Crippen LogP contribution is 2.39. The van der Waals surface area contributed by atoms with E-state index in [9.17, 15) is 0 Å². The lowest BCUT2D eigenvalue weighted by Gasteiger charge is -2.29. The minimum Gasteiger partial charge on any atom is -0.493 e. The summed E-state index contributed by atoms with van der Waals surface area (Å²) in [4.78, 5) is 4.45. The molecule has 5 heteroatoms. The van der Waals surface area contributed by atoms with Gasteiger partial charge in [-0.15, -0.1) is 0 Å². The second-order valence-electron chi connectivity index (χ2n) is 5.20. The lowest BCUT2D eigenvalue weighted by atomic mass is 9.87. The van der Waals surface area contributed by atoms with Crippen molar-refractivity contribution in [1.29, 1.82) is 0 Å². The molecule has 2 heterocycles. The van der Waals surface area contributed by atoms with Gasteiger partial charge in [0.05, 0.1) is 18.3 Å². The molecule has 0 radical (unpaired) electrons. The minimum absolute atomic E-state index is 0.0109. The van der Waals surface area contributed by atoms with Gasteiger partial charge in [0.15, 0.2) is 0 Å². The largest absolute Gasteiger partial charge is 0.493 e. The van der Waals surface area contributed by atoms with Crippen LogP contribution in [0.2, 0.25) is 0 Å². The van der Waals surface area contributed by atoms with Crippen LogP contribution < -0.4 is 16.0 Å². The van der Waals surface area contributed by atoms with Gasteiger partial charge in [0, 0.05) is 10.7 Å². The molecular weight excluding hydrogens is 330 g/mol. The smallest absolute Gasteiger partial charge is 0.122 e. The molecule has 1 aromatic carbocycles. The third-order valence-corrected chi connectivity index (χ3v) is 4.59. The van der Waals surface area contributed by atoms with Gasteiger partial charge in [-0.1, -0.05) is 18.2 Å². The van der Waals surface area contributed by atoms with Gasteiger partial charge in [0.25, 0.3) is 0 Å². The summed E-state index contributed by atoms with van der Waals surface area (Å²) in [6, 6.07) is 12.1. The molecule has 1 aliphatic heterocycles. The van der Waals surface area contributed by atoms with Crippen LogP contribution >= 0.6 is 15.9 Å². The van der Waals surface area contributed by atoms with Crippen LogP contribution in [-0.4, -0.2) is 11.6 Å². The Hall–Kier alpha value is -1.43. The van der Waals surface area contributed by atoms with E-state index in [0.717, 1.165) is 35.4 Å². The fourth-order valence-corrected chi connectivity index (χ4v) is 3.39. The number of para-hydroxylation sites is 1. The van der Waals surface area contributed by atoms with Gasteiger partial charge in [0.1, 0.15) is 5.75 Å². The number of nitrogens with two attached hydrogens (primary N) is 1. The molecule has 0 spiro atoms. The van der Waals surface area contributed by atoms with Crippen molar-refractivity contribution < 1.29 is 4.74 Å². The molecule has 1 aromatic heterocycles. The Morgan fingerprint density at radius 1 is 1.33 bits per heavy atom. The van der Waals surface area contributed by atoms with Crippen molar-refractivity contribution in [3.05, 3.63) is 58.3 Å². The molecule has 4 nitrogen and oxygen atoms in total. The highest BCUT2D eigenvalue weighted by Gasteiger charge is 2.26. The number of hydrogen-bond acceptors (Lipinski definition) is 4. The molecule has 21 heavy (non-hydrogen) atoms. The van der Waals surface area contributed by atoms with Gasteiger partial charge in [-0.05, 0) is 58.5 Å². The number of benzene rings is 1. The number of hydrazine groups is 1. The number of fused-ring (bicyclic) bond motifs is 1. The van der Waals surface area contributed by atoms with Crippen molar-refractivity contribution in [2.24, 2.45) is 5.84 Å². The third kappa shape index (κ3) is 3.10. The second kappa shape index (κ2) is 6.56. The predicted molar refractivity (Wildman–Crippen MR) is 85.9 cm³/mol. The highest BCUT2D eigenvalue weighted by atomic mass is 79.9. The highest BCUT2D eigenvalue weighted by molar-refractivity contribution is 9.10. The Labute approximate surface area is 132 Å². The van der Waals surface area contributed by atoms with Crippen molar-refractivity contribution >= 4 is 15.9 Å². The van der Waals surface area contributed by atoms with Crippen LogP contribution in [0.1, 0.15) is 36.1 Å². The molecule has 0 bridgehead atoms. The lowest BCUT2D eigenvalue weighted by molar-refractivity contribution is 0.254. The van der Waals surface area contributed by atoms with Gasteiger partial charge in [0.2, 0.25) is 0 Å². The molecule has 0 saturated heterocycles. The quantitative estimate of drug-likeness (QED) is 0.657. The summed E-state index contributed by atoms with van der Waals surface area (Å²) in [5, 5.41) is 0. The third-order valence-electron chi connectivity index (χ3n) is 3.92. The number of nitrogens with zero attached hydrogens (tertiary/aromatic N) is 1.